The van der Waals surface area contributed by atoms with Crippen LogP contribution in [-0.2, 0) is 5.41 Å². The van der Waals surface area contributed by atoms with Crippen molar-refractivity contribution in [2.75, 3.05) is 0 Å². The number of hydrogen-bond acceptors (Lipinski definition) is 2. The largest absolute Gasteiger partial charge is 0.278 e. The first kappa shape index (κ1) is 27.6. The van der Waals surface area contributed by atoms with Gasteiger partial charge in [0.15, 0.2) is 0 Å². The molecule has 10 aromatic rings. The molecule has 0 amide bonds. The van der Waals surface area contributed by atoms with E-state index < -0.39 is 0 Å². The summed E-state index contributed by atoms with van der Waals surface area (Å²) in [6, 6.07) is 55.0. The van der Waals surface area contributed by atoms with Crippen LogP contribution in [0.3, 0.4) is 0 Å². The van der Waals surface area contributed by atoms with Gasteiger partial charge in [0.1, 0.15) is 0 Å². The van der Waals surface area contributed by atoms with Crippen molar-refractivity contribution in [1.29, 1.82) is 0 Å². The van der Waals surface area contributed by atoms with Gasteiger partial charge in [-0.25, -0.2) is 9.97 Å². The Morgan fingerprint density at radius 1 is 0.460 bits per heavy atom. The lowest BCUT2D eigenvalue weighted by molar-refractivity contribution is 0.657. The smallest absolute Gasteiger partial charge is 0.235 e. The average Bonchev–Trinajstić information content (AvgIpc) is 3.61. The Bertz CT molecular complexity index is 3020. The van der Waals surface area contributed by atoms with Crippen molar-refractivity contribution < 1.29 is 0 Å². The van der Waals surface area contributed by atoms with Crippen LogP contribution >= 0.6 is 0 Å². The lowest BCUT2D eigenvalue weighted by Gasteiger charge is -2.24. The zero-order chi connectivity index (χ0) is 33.1. The van der Waals surface area contributed by atoms with E-state index in [4.69, 9.17) is 9.97 Å². The van der Waals surface area contributed by atoms with Crippen molar-refractivity contribution in [2.45, 2.75) is 19.3 Å². The van der Waals surface area contributed by atoms with Gasteiger partial charge in [-0.05, 0) is 61.5 Å². The predicted molar refractivity (Wildman–Crippen MR) is 209 cm³/mol. The molecule has 0 aliphatic heterocycles. The molecule has 11 rings (SSSR count). The molecular formula is C47H31N3. The summed E-state index contributed by atoms with van der Waals surface area (Å²) < 4.78 is 2.32. The van der Waals surface area contributed by atoms with Crippen molar-refractivity contribution in [1.82, 2.24) is 14.5 Å². The van der Waals surface area contributed by atoms with E-state index in [0.717, 1.165) is 28.0 Å². The summed E-state index contributed by atoms with van der Waals surface area (Å²) in [5, 5.41) is 12.5. The maximum absolute atomic E-state index is 5.56. The Balaban J connectivity index is 1.36. The van der Waals surface area contributed by atoms with Crippen molar-refractivity contribution in [3.05, 3.63) is 163 Å². The number of aromatic nitrogens is 3. The molecule has 1 aliphatic rings. The highest BCUT2D eigenvalue weighted by Gasteiger charge is 2.40. The number of hydrogen-bond donors (Lipinski definition) is 0. The van der Waals surface area contributed by atoms with Crippen LogP contribution in [0.4, 0.5) is 0 Å². The summed E-state index contributed by atoms with van der Waals surface area (Å²) in [6.07, 6.45) is 0. The molecule has 3 nitrogen and oxygen atoms in total. The van der Waals surface area contributed by atoms with Crippen molar-refractivity contribution in [3.63, 3.8) is 0 Å². The predicted octanol–water partition coefficient (Wildman–Crippen LogP) is 12.2. The van der Waals surface area contributed by atoms with Gasteiger partial charge in [0.05, 0.1) is 22.4 Å². The molecule has 0 spiro atoms. The molecule has 2 heterocycles. The van der Waals surface area contributed by atoms with E-state index in [1.807, 2.05) is 0 Å². The highest BCUT2D eigenvalue weighted by atomic mass is 15.2. The Hall–Kier alpha value is -6.32. The molecule has 234 valence electrons. The Labute approximate surface area is 289 Å². The Kier molecular flexibility index (Phi) is 5.45. The molecule has 0 bridgehead atoms. The zero-order valence-corrected chi connectivity index (χ0v) is 27.8. The topological polar surface area (TPSA) is 30.7 Å². The molecule has 0 unspecified atom stereocenters. The van der Waals surface area contributed by atoms with E-state index in [0.29, 0.717) is 5.95 Å². The molecule has 50 heavy (non-hydrogen) atoms. The zero-order valence-electron chi connectivity index (χ0n) is 27.8. The van der Waals surface area contributed by atoms with E-state index in [-0.39, 0.29) is 5.41 Å². The van der Waals surface area contributed by atoms with Gasteiger partial charge in [-0.3, -0.25) is 4.57 Å². The molecule has 0 atom stereocenters. The second kappa shape index (κ2) is 9.87. The van der Waals surface area contributed by atoms with Crippen LogP contribution in [0, 0.1) is 0 Å². The normalized spacial score (nSPS) is 13.6. The quantitative estimate of drug-likeness (QED) is 0.177. The van der Waals surface area contributed by atoms with Crippen molar-refractivity contribution in [3.8, 4) is 28.5 Å². The standard InChI is InChI=1S/C47H31N3/c1-47(2)38-23-13-12-22-36(38)45-43(47)44(28-14-4-3-5-15-28)48-46(49-45)50-39-25-24-35-33-20-9-8-18-31(33)32-19-10-11-21-34(32)41(35)42(39)37-26-29-16-6-7-17-30(29)27-40(37)50/h3-27H,1-2H3. The third-order valence-corrected chi connectivity index (χ3v) is 11.1. The van der Waals surface area contributed by atoms with Gasteiger partial charge in [-0.15, -0.1) is 0 Å². The lowest BCUT2D eigenvalue weighted by Crippen LogP contribution is -2.18. The van der Waals surface area contributed by atoms with Crippen molar-refractivity contribution >= 4 is 64.9 Å². The van der Waals surface area contributed by atoms with Gasteiger partial charge < -0.3 is 0 Å². The van der Waals surface area contributed by atoms with Gasteiger partial charge in [0.25, 0.3) is 0 Å². The molecule has 3 heteroatoms. The van der Waals surface area contributed by atoms with Crippen LogP contribution in [0.15, 0.2) is 152 Å². The second-order valence-corrected chi connectivity index (χ2v) is 14.2. The molecule has 0 radical (unpaired) electrons. The summed E-state index contributed by atoms with van der Waals surface area (Å²) in [7, 11) is 0. The summed E-state index contributed by atoms with van der Waals surface area (Å²) in [5.74, 6) is 0.690. The van der Waals surface area contributed by atoms with Crippen LogP contribution in [-0.4, -0.2) is 14.5 Å². The first-order valence-corrected chi connectivity index (χ1v) is 17.4. The molecule has 0 saturated heterocycles. The third kappa shape index (κ3) is 3.59. The van der Waals surface area contributed by atoms with E-state index in [1.54, 1.807) is 0 Å². The van der Waals surface area contributed by atoms with E-state index in [1.165, 1.54) is 70.6 Å². The van der Waals surface area contributed by atoms with Gasteiger partial charge >= 0.3 is 0 Å². The fourth-order valence-corrected chi connectivity index (χ4v) is 8.91. The highest BCUT2D eigenvalue weighted by Crippen LogP contribution is 2.51. The van der Waals surface area contributed by atoms with Crippen LogP contribution in [0.5, 0.6) is 0 Å². The fraction of sp³-hybridized carbons (Fsp3) is 0.0638. The summed E-state index contributed by atoms with van der Waals surface area (Å²) in [4.78, 5) is 11.1. The second-order valence-electron chi connectivity index (χ2n) is 14.2. The monoisotopic (exact) mass is 637 g/mol. The van der Waals surface area contributed by atoms with Crippen LogP contribution < -0.4 is 0 Å². The average molecular weight is 638 g/mol. The van der Waals surface area contributed by atoms with E-state index in [9.17, 15) is 0 Å². The summed E-state index contributed by atoms with van der Waals surface area (Å²) in [6.45, 7) is 4.61. The molecule has 0 saturated carbocycles. The number of rotatable bonds is 2. The molecule has 1 aliphatic carbocycles. The SMILES string of the molecule is CC1(C)c2ccccc2-c2nc(-n3c4cc5ccccc5cc4c4c5c6ccccc6c6ccccc6c5ccc43)nc(-c3ccccc3)c21. The van der Waals surface area contributed by atoms with Crippen LogP contribution in [0.2, 0.25) is 0 Å². The fourth-order valence-electron chi connectivity index (χ4n) is 8.91. The number of benzene rings is 8. The van der Waals surface area contributed by atoms with Gasteiger partial charge in [0.2, 0.25) is 5.95 Å². The first-order chi connectivity index (χ1) is 24.6. The summed E-state index contributed by atoms with van der Waals surface area (Å²) in [5.41, 5.74) is 8.72. The molecule has 8 aromatic carbocycles. The Morgan fingerprint density at radius 2 is 1.04 bits per heavy atom. The van der Waals surface area contributed by atoms with Gasteiger partial charge in [0, 0.05) is 38.3 Å². The molecular weight excluding hydrogens is 607 g/mol. The minimum atomic E-state index is -0.247. The third-order valence-electron chi connectivity index (χ3n) is 11.1. The molecule has 0 N–H and O–H groups in total. The molecule has 2 aromatic heterocycles. The van der Waals surface area contributed by atoms with E-state index in [2.05, 4.69) is 170 Å². The number of nitrogens with zero attached hydrogens (tertiary/aromatic N) is 3. The number of fused-ring (bicyclic) bond motifs is 14. The lowest BCUT2D eigenvalue weighted by atomic mass is 9.81. The van der Waals surface area contributed by atoms with E-state index >= 15 is 0 Å². The maximum atomic E-state index is 5.56. The Morgan fingerprint density at radius 3 is 1.80 bits per heavy atom. The minimum Gasteiger partial charge on any atom is -0.278 e. The highest BCUT2D eigenvalue weighted by molar-refractivity contribution is 6.35. The van der Waals surface area contributed by atoms with Crippen molar-refractivity contribution in [2.24, 2.45) is 0 Å². The summed E-state index contributed by atoms with van der Waals surface area (Å²) >= 11 is 0. The maximum Gasteiger partial charge on any atom is 0.235 e. The van der Waals surface area contributed by atoms with Crippen LogP contribution in [0.25, 0.3) is 93.4 Å². The van der Waals surface area contributed by atoms with Crippen LogP contribution in [0.1, 0.15) is 25.0 Å². The minimum absolute atomic E-state index is 0.247. The molecule has 0 fully saturated rings. The van der Waals surface area contributed by atoms with Gasteiger partial charge in [-0.1, -0.05) is 147 Å². The first-order valence-electron chi connectivity index (χ1n) is 17.4. The van der Waals surface area contributed by atoms with Gasteiger partial charge in [-0.2, -0.15) is 0 Å².